The second-order valence-corrected chi connectivity index (χ2v) is 8.26. The van der Waals surface area contributed by atoms with E-state index in [4.69, 9.17) is 0 Å². The number of carbonyl (C=O) groups is 1. The van der Waals surface area contributed by atoms with Crippen molar-refractivity contribution >= 4 is 69.3 Å². The maximum atomic E-state index is 12.3. The number of aryl methyl sites for hydroxylation is 1. The number of ketones is 1. The molecule has 8 heteroatoms. The first kappa shape index (κ1) is 16.8. The fourth-order valence-corrected chi connectivity index (χ4v) is 4.11. The van der Waals surface area contributed by atoms with Crippen molar-refractivity contribution in [2.75, 3.05) is 0 Å². The lowest BCUT2D eigenvalue weighted by Gasteiger charge is -2.10. The van der Waals surface area contributed by atoms with E-state index < -0.39 is 10.0 Å². The van der Waals surface area contributed by atoms with Gasteiger partial charge in [0, 0.05) is 0 Å². The molecular weight excluding hydrogens is 490 g/mol. The van der Waals surface area contributed by atoms with Crippen LogP contribution in [0.5, 0.6) is 0 Å². The van der Waals surface area contributed by atoms with Crippen molar-refractivity contribution in [2.45, 2.75) is 11.8 Å². The van der Waals surface area contributed by atoms with Gasteiger partial charge in [0.1, 0.15) is 0 Å². The predicted octanol–water partition coefficient (Wildman–Crippen LogP) is 3.99. The summed E-state index contributed by atoms with van der Waals surface area (Å²) in [6.07, 6.45) is 1.36. The number of carbonyl (C=O) groups excluding carboxylic acids is 1. The summed E-state index contributed by atoms with van der Waals surface area (Å²) in [6, 6.07) is 6.39. The predicted molar refractivity (Wildman–Crippen MR) is 92.7 cm³/mol. The Balaban J connectivity index is 2.52. The van der Waals surface area contributed by atoms with E-state index in [1.54, 1.807) is 12.1 Å². The molecule has 1 aromatic rings. The van der Waals surface area contributed by atoms with E-state index in [0.717, 1.165) is 5.56 Å². The van der Waals surface area contributed by atoms with Crippen molar-refractivity contribution < 1.29 is 13.2 Å². The third kappa shape index (κ3) is 3.61. The lowest BCUT2D eigenvalue weighted by molar-refractivity contribution is -0.110. The topological polar surface area (TPSA) is 63.6 Å². The Morgan fingerprint density at radius 3 is 2.14 bits per heavy atom. The first-order valence-electron chi connectivity index (χ1n) is 5.61. The van der Waals surface area contributed by atoms with Crippen LogP contribution in [0.3, 0.4) is 0 Å². The molecule has 0 aromatic heterocycles. The summed E-state index contributed by atoms with van der Waals surface area (Å²) >= 11 is 9.37. The number of Topliss-reactive ketones (excluding diaryl/α,β-unsaturated/α-hetero) is 1. The summed E-state index contributed by atoms with van der Waals surface area (Å²) in [4.78, 5) is 11.8. The average molecular weight is 498 g/mol. The molecular formula is C13H8Br3NO3S. The summed E-state index contributed by atoms with van der Waals surface area (Å²) in [5.41, 5.74) is 1.10. The van der Waals surface area contributed by atoms with Gasteiger partial charge in [0.25, 0.3) is 10.0 Å². The van der Waals surface area contributed by atoms with Crippen molar-refractivity contribution in [3.63, 3.8) is 0 Å². The van der Waals surface area contributed by atoms with Gasteiger partial charge in [-0.2, -0.15) is 12.8 Å². The van der Waals surface area contributed by atoms with Crippen molar-refractivity contribution in [1.29, 1.82) is 0 Å². The Bertz CT molecular complexity index is 806. The summed E-state index contributed by atoms with van der Waals surface area (Å²) in [7, 11) is -3.85. The fraction of sp³-hybridized carbons (Fsp3) is 0.0769. The highest BCUT2D eigenvalue weighted by Gasteiger charge is 2.25. The Morgan fingerprint density at radius 1 is 1.00 bits per heavy atom. The van der Waals surface area contributed by atoms with Gasteiger partial charge in [0.15, 0.2) is 0 Å². The van der Waals surface area contributed by atoms with Gasteiger partial charge in [-0.1, -0.05) is 17.7 Å². The molecule has 1 aromatic carbocycles. The Morgan fingerprint density at radius 2 is 1.57 bits per heavy atom. The molecule has 21 heavy (non-hydrogen) atoms. The number of rotatable bonds is 2. The number of halogens is 3. The molecule has 0 atom stereocenters. The zero-order valence-electron chi connectivity index (χ0n) is 10.6. The van der Waals surface area contributed by atoms with Gasteiger partial charge in [-0.25, -0.2) is 0 Å². The van der Waals surface area contributed by atoms with E-state index in [1.807, 2.05) is 6.92 Å². The molecule has 0 saturated carbocycles. The third-order valence-electron chi connectivity index (χ3n) is 2.63. The number of sulfonamides is 1. The van der Waals surface area contributed by atoms with Gasteiger partial charge in [-0.15, -0.1) is 0 Å². The minimum Gasteiger partial charge on any atom is -0.287 e. The number of nitrogens with zero attached hydrogens (tertiary/aromatic N) is 1. The van der Waals surface area contributed by atoms with Gasteiger partial charge < -0.3 is 0 Å². The highest BCUT2D eigenvalue weighted by Crippen LogP contribution is 2.31. The summed E-state index contributed by atoms with van der Waals surface area (Å²) in [5.74, 6) is -0.284. The van der Waals surface area contributed by atoms with Crippen LogP contribution in [0.1, 0.15) is 5.56 Å². The molecule has 4 nitrogen and oxygen atoms in total. The van der Waals surface area contributed by atoms with Crippen LogP contribution in [0.15, 0.2) is 53.1 Å². The molecule has 0 fully saturated rings. The minimum absolute atomic E-state index is 0.0958. The van der Waals surface area contributed by atoms with Crippen LogP contribution in [-0.2, 0) is 14.8 Å². The number of allylic oxidation sites excluding steroid dienone is 4. The fourth-order valence-electron chi connectivity index (χ4n) is 1.52. The van der Waals surface area contributed by atoms with Crippen molar-refractivity contribution in [2.24, 2.45) is 4.40 Å². The summed E-state index contributed by atoms with van der Waals surface area (Å²) in [5, 5.41) is 0. The molecule has 0 spiro atoms. The van der Waals surface area contributed by atoms with Gasteiger partial charge in [-0.3, -0.25) is 4.79 Å². The molecule has 0 saturated heterocycles. The van der Waals surface area contributed by atoms with E-state index in [1.165, 1.54) is 18.2 Å². The van der Waals surface area contributed by atoms with Gasteiger partial charge >= 0.3 is 0 Å². The minimum atomic E-state index is -3.85. The maximum absolute atomic E-state index is 12.3. The van der Waals surface area contributed by atoms with Gasteiger partial charge in [0.2, 0.25) is 5.78 Å². The zero-order valence-corrected chi connectivity index (χ0v) is 16.2. The second kappa shape index (κ2) is 6.28. The molecule has 0 amide bonds. The zero-order chi connectivity index (χ0) is 15.8. The van der Waals surface area contributed by atoms with E-state index in [9.17, 15) is 13.2 Å². The molecule has 0 aliphatic heterocycles. The van der Waals surface area contributed by atoms with Crippen LogP contribution in [-0.4, -0.2) is 19.9 Å². The van der Waals surface area contributed by atoms with Crippen molar-refractivity contribution in [3.8, 4) is 0 Å². The normalized spacial score (nSPS) is 18.2. The van der Waals surface area contributed by atoms with E-state index in [0.29, 0.717) is 4.48 Å². The van der Waals surface area contributed by atoms with Crippen LogP contribution in [0.2, 0.25) is 0 Å². The first-order chi connectivity index (χ1) is 9.72. The maximum Gasteiger partial charge on any atom is 0.282 e. The molecule has 1 aliphatic carbocycles. The molecule has 1 aliphatic rings. The molecule has 0 heterocycles. The van der Waals surface area contributed by atoms with Crippen molar-refractivity contribution in [3.05, 3.63) is 49.4 Å². The van der Waals surface area contributed by atoms with E-state index in [2.05, 4.69) is 52.2 Å². The van der Waals surface area contributed by atoms with Gasteiger partial charge in [-0.05, 0) is 72.9 Å². The molecule has 2 rings (SSSR count). The SMILES string of the molecule is Cc1ccc(S(=O)(=O)/N=C2\C=C(Br)C(=O)C(Br)=C2Br)cc1. The van der Waals surface area contributed by atoms with E-state index in [-0.39, 0.29) is 25.4 Å². The lowest BCUT2D eigenvalue weighted by Crippen LogP contribution is -2.13. The van der Waals surface area contributed by atoms with Crippen LogP contribution in [0, 0.1) is 6.92 Å². The third-order valence-corrected chi connectivity index (χ3v) is 6.62. The molecule has 0 unspecified atom stereocenters. The second-order valence-electron chi connectivity index (χ2n) is 4.21. The highest BCUT2D eigenvalue weighted by molar-refractivity contribution is 9.15. The van der Waals surface area contributed by atoms with E-state index >= 15 is 0 Å². The lowest BCUT2D eigenvalue weighted by atomic mass is 10.2. The number of benzene rings is 1. The number of hydrogen-bond donors (Lipinski definition) is 0. The highest BCUT2D eigenvalue weighted by atomic mass is 79.9. The smallest absolute Gasteiger partial charge is 0.282 e. The summed E-state index contributed by atoms with van der Waals surface area (Å²) in [6.45, 7) is 1.87. The van der Waals surface area contributed by atoms with Crippen LogP contribution in [0.4, 0.5) is 0 Å². The molecule has 0 radical (unpaired) electrons. The molecule has 0 bridgehead atoms. The van der Waals surface area contributed by atoms with Gasteiger partial charge in [0.05, 0.1) is 24.1 Å². The van der Waals surface area contributed by atoms with Crippen molar-refractivity contribution in [1.82, 2.24) is 0 Å². The Kier molecular flexibility index (Phi) is 5.02. The first-order valence-corrected chi connectivity index (χ1v) is 9.43. The number of hydrogen-bond acceptors (Lipinski definition) is 3. The quantitative estimate of drug-likeness (QED) is 0.580. The molecule has 0 N–H and O–H groups in total. The standard InChI is InChI=1S/C13H8Br3NO3S/c1-7-2-4-8(5-3-7)21(19,20)17-10-6-9(14)13(18)12(16)11(10)15/h2-6H,1H3/b17-10+. The van der Waals surface area contributed by atoms with Crippen LogP contribution in [0.25, 0.3) is 0 Å². The Labute approximate surface area is 147 Å². The largest absolute Gasteiger partial charge is 0.287 e. The molecule has 110 valence electrons. The summed E-state index contributed by atoms with van der Waals surface area (Å²) < 4.78 is 29.1. The Hall–Kier alpha value is -0.570. The monoisotopic (exact) mass is 495 g/mol. The average Bonchev–Trinajstić information content (AvgIpc) is 2.42. The van der Waals surface area contributed by atoms with Crippen LogP contribution < -0.4 is 0 Å². The van der Waals surface area contributed by atoms with Crippen LogP contribution >= 0.6 is 47.8 Å².